The second kappa shape index (κ2) is 9.47. The highest BCUT2D eigenvalue weighted by Crippen LogP contribution is 2.05. The van der Waals surface area contributed by atoms with Crippen molar-refractivity contribution < 1.29 is 4.79 Å². The summed E-state index contributed by atoms with van der Waals surface area (Å²) in [4.78, 5) is 20.8. The van der Waals surface area contributed by atoms with Crippen molar-refractivity contribution in [1.29, 1.82) is 0 Å². The number of nitrogens with zero attached hydrogens (tertiary/aromatic N) is 3. The Labute approximate surface area is 139 Å². The van der Waals surface area contributed by atoms with Crippen LogP contribution >= 0.6 is 0 Å². The molecule has 0 aromatic carbocycles. The van der Waals surface area contributed by atoms with Gasteiger partial charge < -0.3 is 20.4 Å². The fourth-order valence-electron chi connectivity index (χ4n) is 2.81. The van der Waals surface area contributed by atoms with Gasteiger partial charge in [-0.1, -0.05) is 13.8 Å². The Bertz CT molecular complexity index is 459. The van der Waals surface area contributed by atoms with Crippen LogP contribution in [0.2, 0.25) is 0 Å². The molecule has 2 N–H and O–H groups in total. The quantitative estimate of drug-likeness (QED) is 0.792. The molecule has 2 rings (SSSR count). The Hall–Kier alpha value is -1.66. The van der Waals surface area contributed by atoms with E-state index in [4.69, 9.17) is 0 Å². The van der Waals surface area contributed by atoms with E-state index in [9.17, 15) is 4.79 Å². The number of likely N-dealkylation sites (N-methyl/N-ethyl adjacent to an activating group) is 1. The summed E-state index contributed by atoms with van der Waals surface area (Å²) in [7, 11) is 0. The number of carbonyl (C=O) groups excluding carboxylic acids is 1. The predicted octanol–water partition coefficient (Wildman–Crippen LogP) is 1.15. The molecule has 1 aliphatic heterocycles. The fraction of sp³-hybridized carbons (Fsp3) is 0.647. The van der Waals surface area contributed by atoms with Crippen LogP contribution in [0.25, 0.3) is 0 Å². The number of pyridine rings is 1. The lowest BCUT2D eigenvalue weighted by atomic mass is 10.1. The number of urea groups is 1. The Morgan fingerprint density at radius 1 is 1.17 bits per heavy atom. The van der Waals surface area contributed by atoms with Gasteiger partial charge in [-0.25, -0.2) is 4.79 Å². The first kappa shape index (κ1) is 17.7. The van der Waals surface area contributed by atoms with E-state index in [0.717, 1.165) is 44.8 Å². The molecule has 1 saturated heterocycles. The van der Waals surface area contributed by atoms with Crippen molar-refractivity contribution in [3.05, 3.63) is 30.1 Å². The number of rotatable bonds is 7. The zero-order valence-electron chi connectivity index (χ0n) is 14.3. The number of aromatic nitrogens is 1. The predicted molar refractivity (Wildman–Crippen MR) is 92.2 cm³/mol. The molecule has 2 amide bonds. The van der Waals surface area contributed by atoms with E-state index in [1.165, 1.54) is 0 Å². The lowest BCUT2D eigenvalue weighted by Gasteiger charge is -2.35. The van der Waals surface area contributed by atoms with Gasteiger partial charge in [0.25, 0.3) is 0 Å². The molecular formula is C17H29N5O. The van der Waals surface area contributed by atoms with Gasteiger partial charge in [0.05, 0.1) is 0 Å². The standard InChI is InChI=1S/C17H29N5O/c1-3-21-8-10-22(11-9-21)14-15(2)12-19-17(23)20-13-16-4-6-18-7-5-16/h4-7,15H,3,8-14H2,1-2H3,(H2,19,20,23)/t15-/m1/s1. The van der Waals surface area contributed by atoms with Crippen LogP contribution in [0.15, 0.2) is 24.5 Å². The molecule has 0 spiro atoms. The summed E-state index contributed by atoms with van der Waals surface area (Å²) in [6.45, 7) is 12.4. The molecule has 6 nitrogen and oxygen atoms in total. The molecule has 128 valence electrons. The largest absolute Gasteiger partial charge is 0.338 e. The van der Waals surface area contributed by atoms with E-state index in [0.29, 0.717) is 19.0 Å². The van der Waals surface area contributed by atoms with E-state index >= 15 is 0 Å². The van der Waals surface area contributed by atoms with Gasteiger partial charge in [-0.2, -0.15) is 0 Å². The van der Waals surface area contributed by atoms with Crippen LogP contribution in [0, 0.1) is 5.92 Å². The Morgan fingerprint density at radius 2 is 1.83 bits per heavy atom. The van der Waals surface area contributed by atoms with Crippen LogP contribution in [0.1, 0.15) is 19.4 Å². The number of hydrogen-bond acceptors (Lipinski definition) is 4. The van der Waals surface area contributed by atoms with Gasteiger partial charge in [0.15, 0.2) is 0 Å². The van der Waals surface area contributed by atoms with Crippen LogP contribution < -0.4 is 10.6 Å². The van der Waals surface area contributed by atoms with E-state index in [1.807, 2.05) is 12.1 Å². The minimum Gasteiger partial charge on any atom is -0.338 e. The summed E-state index contributed by atoms with van der Waals surface area (Å²) < 4.78 is 0. The molecule has 0 saturated carbocycles. The maximum atomic E-state index is 11.8. The summed E-state index contributed by atoms with van der Waals surface area (Å²) in [5.41, 5.74) is 1.05. The zero-order chi connectivity index (χ0) is 16.5. The zero-order valence-corrected chi connectivity index (χ0v) is 14.3. The fourth-order valence-corrected chi connectivity index (χ4v) is 2.81. The summed E-state index contributed by atoms with van der Waals surface area (Å²) >= 11 is 0. The highest BCUT2D eigenvalue weighted by molar-refractivity contribution is 5.73. The van der Waals surface area contributed by atoms with Gasteiger partial charge in [0.2, 0.25) is 0 Å². The lowest BCUT2D eigenvalue weighted by Crippen LogP contribution is -2.48. The third-order valence-electron chi connectivity index (χ3n) is 4.30. The monoisotopic (exact) mass is 319 g/mol. The minimum absolute atomic E-state index is 0.107. The first-order valence-electron chi connectivity index (χ1n) is 8.52. The summed E-state index contributed by atoms with van der Waals surface area (Å²) in [6, 6.07) is 3.70. The van der Waals surface area contributed by atoms with E-state index in [-0.39, 0.29) is 6.03 Å². The molecule has 0 bridgehead atoms. The number of carbonyl (C=O) groups is 1. The van der Waals surface area contributed by atoms with Crippen LogP contribution in [-0.2, 0) is 6.54 Å². The van der Waals surface area contributed by atoms with Crippen molar-refractivity contribution in [1.82, 2.24) is 25.4 Å². The highest BCUT2D eigenvalue weighted by Gasteiger charge is 2.17. The number of nitrogens with one attached hydrogen (secondary N) is 2. The Morgan fingerprint density at radius 3 is 2.48 bits per heavy atom. The van der Waals surface area contributed by atoms with E-state index in [1.54, 1.807) is 12.4 Å². The molecular weight excluding hydrogens is 290 g/mol. The molecule has 1 aromatic heterocycles. The summed E-state index contributed by atoms with van der Waals surface area (Å²) in [5, 5.41) is 5.83. The summed E-state index contributed by atoms with van der Waals surface area (Å²) in [5.74, 6) is 0.454. The van der Waals surface area contributed by atoms with Crippen molar-refractivity contribution >= 4 is 6.03 Å². The van der Waals surface area contributed by atoms with Crippen molar-refractivity contribution in [2.45, 2.75) is 20.4 Å². The lowest BCUT2D eigenvalue weighted by molar-refractivity contribution is 0.124. The van der Waals surface area contributed by atoms with Crippen molar-refractivity contribution in [3.8, 4) is 0 Å². The maximum absolute atomic E-state index is 11.8. The first-order chi connectivity index (χ1) is 11.2. The van der Waals surface area contributed by atoms with Crippen LogP contribution in [0.4, 0.5) is 4.79 Å². The maximum Gasteiger partial charge on any atom is 0.315 e. The Balaban J connectivity index is 1.58. The summed E-state index contributed by atoms with van der Waals surface area (Å²) in [6.07, 6.45) is 3.46. The second-order valence-corrected chi connectivity index (χ2v) is 6.26. The van der Waals surface area contributed by atoms with Gasteiger partial charge in [0.1, 0.15) is 0 Å². The molecule has 0 aliphatic carbocycles. The van der Waals surface area contributed by atoms with Gasteiger partial charge in [-0.15, -0.1) is 0 Å². The highest BCUT2D eigenvalue weighted by atomic mass is 16.2. The minimum atomic E-state index is -0.107. The van der Waals surface area contributed by atoms with Crippen LogP contribution in [0.5, 0.6) is 0 Å². The van der Waals surface area contributed by atoms with Crippen molar-refractivity contribution in [2.24, 2.45) is 5.92 Å². The Kier molecular flexibility index (Phi) is 7.29. The van der Waals surface area contributed by atoms with Gasteiger partial charge in [0, 0.05) is 58.2 Å². The molecule has 0 radical (unpaired) electrons. The molecule has 1 fully saturated rings. The molecule has 23 heavy (non-hydrogen) atoms. The number of piperazine rings is 1. The second-order valence-electron chi connectivity index (χ2n) is 6.26. The molecule has 0 unspecified atom stereocenters. The number of amides is 2. The topological polar surface area (TPSA) is 60.5 Å². The smallest absolute Gasteiger partial charge is 0.315 e. The average Bonchev–Trinajstić information content (AvgIpc) is 2.60. The van der Waals surface area contributed by atoms with Crippen molar-refractivity contribution in [3.63, 3.8) is 0 Å². The molecule has 1 aliphatic rings. The van der Waals surface area contributed by atoms with E-state index in [2.05, 4.69) is 39.3 Å². The molecule has 6 heteroatoms. The van der Waals surface area contributed by atoms with Gasteiger partial charge in [-0.05, 0) is 30.2 Å². The van der Waals surface area contributed by atoms with Crippen LogP contribution in [0.3, 0.4) is 0 Å². The molecule has 1 atom stereocenters. The van der Waals surface area contributed by atoms with Gasteiger partial charge in [-0.3, -0.25) is 4.98 Å². The third-order valence-corrected chi connectivity index (χ3v) is 4.30. The third kappa shape index (κ3) is 6.54. The average molecular weight is 319 g/mol. The normalized spacial score (nSPS) is 17.7. The van der Waals surface area contributed by atoms with Crippen LogP contribution in [-0.4, -0.2) is 66.6 Å². The van der Waals surface area contributed by atoms with Gasteiger partial charge >= 0.3 is 6.03 Å². The first-order valence-corrected chi connectivity index (χ1v) is 8.52. The van der Waals surface area contributed by atoms with E-state index < -0.39 is 0 Å². The van der Waals surface area contributed by atoms with Crippen molar-refractivity contribution in [2.75, 3.05) is 45.8 Å². The SMILES string of the molecule is CCN1CCN(C[C@H](C)CNC(=O)NCc2ccncc2)CC1. The number of hydrogen-bond donors (Lipinski definition) is 2. The molecule has 1 aromatic rings. The molecule has 2 heterocycles.